The normalized spacial score (nSPS) is 12.1. The predicted molar refractivity (Wildman–Crippen MR) is 127 cm³/mol. The van der Waals surface area contributed by atoms with Crippen LogP contribution in [-0.4, -0.2) is 44.3 Å². The van der Waals surface area contributed by atoms with Gasteiger partial charge in [0.05, 0.1) is 19.7 Å². The molecular weight excluding hydrogens is 412 g/mol. The van der Waals surface area contributed by atoms with Gasteiger partial charge in [0.25, 0.3) is 5.91 Å². The SMILES string of the molecule is CCN(CC)c1ccc(/C=N\NC(=O)[C@@H](NC(=O)Cc2cccs2)C(C)C)c(OC)c1. The van der Waals surface area contributed by atoms with Crippen molar-refractivity contribution in [1.82, 2.24) is 10.7 Å². The summed E-state index contributed by atoms with van der Waals surface area (Å²) in [5, 5.41) is 8.82. The first kappa shape index (κ1) is 24.4. The molecular formula is C23H32N4O3S. The molecule has 0 aliphatic rings. The number of carbonyl (C=O) groups is 2. The van der Waals surface area contributed by atoms with Gasteiger partial charge in [-0.25, -0.2) is 5.43 Å². The Morgan fingerprint density at radius 2 is 1.97 bits per heavy atom. The largest absolute Gasteiger partial charge is 0.496 e. The van der Waals surface area contributed by atoms with Crippen molar-refractivity contribution in [2.24, 2.45) is 11.0 Å². The molecule has 7 nitrogen and oxygen atoms in total. The quantitative estimate of drug-likeness (QED) is 0.411. The van der Waals surface area contributed by atoms with Crippen LogP contribution in [0.3, 0.4) is 0 Å². The zero-order valence-electron chi connectivity index (χ0n) is 18.8. The maximum atomic E-state index is 12.6. The summed E-state index contributed by atoms with van der Waals surface area (Å²) >= 11 is 1.52. The maximum Gasteiger partial charge on any atom is 0.262 e. The lowest BCUT2D eigenvalue weighted by Gasteiger charge is -2.22. The molecule has 0 radical (unpaired) electrons. The Balaban J connectivity index is 2.02. The summed E-state index contributed by atoms with van der Waals surface area (Å²) in [6.45, 7) is 9.77. The molecule has 2 N–H and O–H groups in total. The number of carbonyl (C=O) groups excluding carboxylic acids is 2. The number of rotatable bonds is 11. The van der Waals surface area contributed by atoms with E-state index >= 15 is 0 Å². The van der Waals surface area contributed by atoms with E-state index in [1.165, 1.54) is 11.3 Å². The Hall–Kier alpha value is -2.87. The summed E-state index contributed by atoms with van der Waals surface area (Å²) in [6, 6.07) is 9.00. The van der Waals surface area contributed by atoms with Crippen LogP contribution < -0.4 is 20.4 Å². The Bertz CT molecular complexity index is 877. The average molecular weight is 445 g/mol. The molecule has 1 aromatic carbocycles. The first-order valence-corrected chi connectivity index (χ1v) is 11.3. The third-order valence-corrected chi connectivity index (χ3v) is 5.78. The number of amides is 2. The second-order valence-corrected chi connectivity index (χ2v) is 8.41. The monoisotopic (exact) mass is 444 g/mol. The number of benzene rings is 1. The lowest BCUT2D eigenvalue weighted by atomic mass is 10.0. The fourth-order valence-corrected chi connectivity index (χ4v) is 3.86. The molecule has 168 valence electrons. The van der Waals surface area contributed by atoms with E-state index < -0.39 is 6.04 Å². The molecule has 8 heteroatoms. The maximum absolute atomic E-state index is 12.6. The smallest absolute Gasteiger partial charge is 0.262 e. The summed E-state index contributed by atoms with van der Waals surface area (Å²) in [4.78, 5) is 28.1. The molecule has 0 saturated heterocycles. The third-order valence-electron chi connectivity index (χ3n) is 4.90. The average Bonchev–Trinajstić information content (AvgIpc) is 3.26. The van der Waals surface area contributed by atoms with Crippen molar-refractivity contribution in [2.75, 3.05) is 25.1 Å². The van der Waals surface area contributed by atoms with E-state index in [-0.39, 0.29) is 24.2 Å². The molecule has 0 bridgehead atoms. The van der Waals surface area contributed by atoms with Crippen LogP contribution >= 0.6 is 11.3 Å². The van der Waals surface area contributed by atoms with Crippen LogP contribution in [0.5, 0.6) is 5.75 Å². The molecule has 2 aromatic rings. The fraction of sp³-hybridized carbons (Fsp3) is 0.435. The Labute approximate surface area is 188 Å². The molecule has 0 aliphatic heterocycles. The number of thiophene rings is 1. The van der Waals surface area contributed by atoms with Crippen LogP contribution in [0.1, 0.15) is 38.1 Å². The van der Waals surface area contributed by atoms with Gasteiger partial charge in [0.15, 0.2) is 0 Å². The van der Waals surface area contributed by atoms with E-state index in [9.17, 15) is 9.59 Å². The Morgan fingerprint density at radius 1 is 1.23 bits per heavy atom. The molecule has 0 spiro atoms. The number of methoxy groups -OCH3 is 1. The number of hydrazone groups is 1. The highest BCUT2D eigenvalue weighted by molar-refractivity contribution is 7.10. The summed E-state index contributed by atoms with van der Waals surface area (Å²) in [7, 11) is 1.61. The van der Waals surface area contributed by atoms with Crippen molar-refractivity contribution in [2.45, 2.75) is 40.2 Å². The van der Waals surface area contributed by atoms with E-state index in [0.717, 1.165) is 29.2 Å². The summed E-state index contributed by atoms with van der Waals surface area (Å²) in [6.07, 6.45) is 1.81. The summed E-state index contributed by atoms with van der Waals surface area (Å²) in [5.74, 6) is 0.0517. The summed E-state index contributed by atoms with van der Waals surface area (Å²) < 4.78 is 5.48. The van der Waals surface area contributed by atoms with Gasteiger partial charge in [0, 0.05) is 35.3 Å². The van der Waals surface area contributed by atoms with Crippen LogP contribution in [0, 0.1) is 5.92 Å². The first-order chi connectivity index (χ1) is 14.9. The zero-order valence-corrected chi connectivity index (χ0v) is 19.7. The van der Waals surface area contributed by atoms with Gasteiger partial charge in [0.2, 0.25) is 5.91 Å². The number of nitrogens with zero attached hydrogens (tertiary/aromatic N) is 2. The molecule has 0 unspecified atom stereocenters. The van der Waals surface area contributed by atoms with Crippen LogP contribution in [0.25, 0.3) is 0 Å². The van der Waals surface area contributed by atoms with Gasteiger partial charge >= 0.3 is 0 Å². The fourth-order valence-electron chi connectivity index (χ4n) is 3.16. The minimum atomic E-state index is -0.670. The van der Waals surface area contributed by atoms with E-state index in [1.54, 1.807) is 13.3 Å². The van der Waals surface area contributed by atoms with Crippen LogP contribution in [0.2, 0.25) is 0 Å². The van der Waals surface area contributed by atoms with Gasteiger partial charge in [-0.1, -0.05) is 19.9 Å². The van der Waals surface area contributed by atoms with E-state index in [2.05, 4.69) is 34.6 Å². The molecule has 1 atom stereocenters. The molecule has 31 heavy (non-hydrogen) atoms. The molecule has 0 fully saturated rings. The predicted octanol–water partition coefficient (Wildman–Crippen LogP) is 3.44. The lowest BCUT2D eigenvalue weighted by molar-refractivity contribution is -0.129. The van der Waals surface area contributed by atoms with Crippen molar-refractivity contribution in [3.8, 4) is 5.75 Å². The number of anilines is 1. The zero-order chi connectivity index (χ0) is 22.8. The van der Waals surface area contributed by atoms with Crippen molar-refractivity contribution in [1.29, 1.82) is 0 Å². The minimum absolute atomic E-state index is 0.0784. The van der Waals surface area contributed by atoms with E-state index in [1.807, 2.05) is 49.6 Å². The number of hydrogen-bond donors (Lipinski definition) is 2. The van der Waals surface area contributed by atoms with Crippen molar-refractivity contribution in [3.63, 3.8) is 0 Å². The molecule has 1 aromatic heterocycles. The van der Waals surface area contributed by atoms with Crippen LogP contribution in [0.4, 0.5) is 5.69 Å². The first-order valence-electron chi connectivity index (χ1n) is 10.5. The molecule has 0 aliphatic carbocycles. The third kappa shape index (κ3) is 7.10. The van der Waals surface area contributed by atoms with E-state index in [0.29, 0.717) is 5.75 Å². The lowest BCUT2D eigenvalue weighted by Crippen LogP contribution is -2.49. The number of ether oxygens (including phenoxy) is 1. The second-order valence-electron chi connectivity index (χ2n) is 7.38. The highest BCUT2D eigenvalue weighted by Crippen LogP contribution is 2.24. The van der Waals surface area contributed by atoms with Crippen molar-refractivity contribution >= 4 is 35.1 Å². The van der Waals surface area contributed by atoms with Crippen LogP contribution in [-0.2, 0) is 16.0 Å². The van der Waals surface area contributed by atoms with Gasteiger partial charge in [-0.05, 0) is 43.3 Å². The molecule has 0 saturated carbocycles. The van der Waals surface area contributed by atoms with Gasteiger partial charge < -0.3 is 15.0 Å². The topological polar surface area (TPSA) is 83.0 Å². The highest BCUT2D eigenvalue weighted by atomic mass is 32.1. The van der Waals surface area contributed by atoms with E-state index in [4.69, 9.17) is 4.74 Å². The second kappa shape index (κ2) is 12.1. The highest BCUT2D eigenvalue weighted by Gasteiger charge is 2.24. The Morgan fingerprint density at radius 3 is 2.55 bits per heavy atom. The molecule has 2 amide bonds. The van der Waals surface area contributed by atoms with Crippen LogP contribution in [0.15, 0.2) is 40.8 Å². The molecule has 1 heterocycles. The van der Waals surface area contributed by atoms with Gasteiger partial charge in [-0.3, -0.25) is 9.59 Å². The number of nitrogens with one attached hydrogen (secondary N) is 2. The standard InChI is InChI=1S/C23H32N4O3S/c1-6-27(7-2)18-11-10-17(20(13-18)30-5)15-24-26-23(29)22(16(3)4)25-21(28)14-19-9-8-12-31-19/h8-13,15-16,22H,6-7,14H2,1-5H3,(H,25,28)(H,26,29)/b24-15-/t22-/m0/s1. The minimum Gasteiger partial charge on any atom is -0.496 e. The van der Waals surface area contributed by atoms with Gasteiger partial charge in [-0.2, -0.15) is 5.10 Å². The number of hydrogen-bond acceptors (Lipinski definition) is 6. The summed E-state index contributed by atoms with van der Waals surface area (Å²) in [5.41, 5.74) is 4.36. The van der Waals surface area contributed by atoms with Crippen molar-refractivity contribution < 1.29 is 14.3 Å². The van der Waals surface area contributed by atoms with Gasteiger partial charge in [0.1, 0.15) is 11.8 Å². The molecule has 2 rings (SSSR count). The van der Waals surface area contributed by atoms with Crippen molar-refractivity contribution in [3.05, 3.63) is 46.2 Å². The Kier molecular flexibility index (Phi) is 9.52. The van der Waals surface area contributed by atoms with Gasteiger partial charge in [-0.15, -0.1) is 11.3 Å².